The first-order chi connectivity index (χ1) is 7.28. The van der Waals surface area contributed by atoms with Crippen LogP contribution in [0.15, 0.2) is 0 Å². The summed E-state index contributed by atoms with van der Waals surface area (Å²) >= 11 is 0. The molecule has 0 radical (unpaired) electrons. The first kappa shape index (κ1) is 14.7. The highest BCUT2D eigenvalue weighted by molar-refractivity contribution is 5.72. The number of alkyl carbamates (subject to hydrolysis) is 1. The van der Waals surface area contributed by atoms with Crippen LogP contribution in [-0.4, -0.2) is 42.5 Å². The van der Waals surface area contributed by atoms with Gasteiger partial charge in [-0.05, 0) is 20.8 Å². The SMILES string of the molecule is COC(=O)C[C@H](CO)NC(=O)OC(C)(C)C. The van der Waals surface area contributed by atoms with E-state index in [0.717, 1.165) is 0 Å². The number of nitrogens with one attached hydrogen (secondary N) is 1. The van der Waals surface area contributed by atoms with Crippen LogP contribution in [0.1, 0.15) is 27.2 Å². The summed E-state index contributed by atoms with van der Waals surface area (Å²) in [7, 11) is 1.24. The fourth-order valence-corrected chi connectivity index (χ4v) is 0.920. The molecule has 0 unspecified atom stereocenters. The Morgan fingerprint density at radius 2 is 1.94 bits per heavy atom. The van der Waals surface area contributed by atoms with Gasteiger partial charge >= 0.3 is 12.1 Å². The molecule has 0 spiro atoms. The van der Waals surface area contributed by atoms with Gasteiger partial charge in [0.25, 0.3) is 0 Å². The van der Waals surface area contributed by atoms with Crippen LogP contribution in [0.25, 0.3) is 0 Å². The number of carbonyl (C=O) groups is 2. The number of amides is 1. The van der Waals surface area contributed by atoms with Crippen LogP contribution in [0.3, 0.4) is 0 Å². The lowest BCUT2D eigenvalue weighted by Gasteiger charge is -2.22. The van der Waals surface area contributed by atoms with Crippen molar-refractivity contribution >= 4 is 12.1 Å². The number of rotatable bonds is 4. The molecule has 0 heterocycles. The van der Waals surface area contributed by atoms with Gasteiger partial charge in [0.1, 0.15) is 5.60 Å². The molecule has 0 rings (SSSR count). The lowest BCUT2D eigenvalue weighted by atomic mass is 10.2. The second-order valence-electron chi connectivity index (χ2n) is 4.31. The minimum absolute atomic E-state index is 0.0910. The Labute approximate surface area is 94.9 Å². The molecular formula is C10H19NO5. The number of aliphatic hydroxyl groups excluding tert-OH is 1. The van der Waals surface area contributed by atoms with E-state index in [1.165, 1.54) is 7.11 Å². The zero-order valence-corrected chi connectivity index (χ0v) is 10.1. The van der Waals surface area contributed by atoms with Gasteiger partial charge in [-0.25, -0.2) is 4.79 Å². The molecule has 1 atom stereocenters. The summed E-state index contributed by atoms with van der Waals surface area (Å²) in [4.78, 5) is 22.2. The van der Waals surface area contributed by atoms with Gasteiger partial charge in [0.2, 0.25) is 0 Å². The van der Waals surface area contributed by atoms with E-state index in [2.05, 4.69) is 10.1 Å². The van der Waals surface area contributed by atoms with Gasteiger partial charge < -0.3 is 19.9 Å². The Morgan fingerprint density at radius 3 is 2.31 bits per heavy atom. The zero-order valence-electron chi connectivity index (χ0n) is 10.1. The number of carbonyl (C=O) groups excluding carboxylic acids is 2. The number of ether oxygens (including phenoxy) is 2. The molecule has 0 aliphatic heterocycles. The molecule has 16 heavy (non-hydrogen) atoms. The Bertz CT molecular complexity index is 246. The molecular weight excluding hydrogens is 214 g/mol. The third-order valence-electron chi connectivity index (χ3n) is 1.58. The van der Waals surface area contributed by atoms with E-state index in [9.17, 15) is 9.59 Å². The van der Waals surface area contributed by atoms with Crippen molar-refractivity contribution in [2.45, 2.75) is 38.8 Å². The van der Waals surface area contributed by atoms with Crippen LogP contribution < -0.4 is 5.32 Å². The topological polar surface area (TPSA) is 84.9 Å². The van der Waals surface area contributed by atoms with E-state index >= 15 is 0 Å². The number of hydrogen-bond donors (Lipinski definition) is 2. The van der Waals surface area contributed by atoms with Crippen LogP contribution in [0.5, 0.6) is 0 Å². The normalized spacial score (nSPS) is 12.8. The predicted molar refractivity (Wildman–Crippen MR) is 56.9 cm³/mol. The van der Waals surface area contributed by atoms with E-state index in [4.69, 9.17) is 9.84 Å². The highest BCUT2D eigenvalue weighted by Crippen LogP contribution is 2.07. The van der Waals surface area contributed by atoms with Gasteiger partial charge in [-0.3, -0.25) is 4.79 Å². The van der Waals surface area contributed by atoms with Gasteiger partial charge in [-0.1, -0.05) is 0 Å². The van der Waals surface area contributed by atoms with Crippen molar-refractivity contribution in [3.05, 3.63) is 0 Å². The standard InChI is InChI=1S/C10H19NO5/c1-10(2,3)16-9(14)11-7(6-12)5-8(13)15-4/h7,12H,5-6H2,1-4H3,(H,11,14)/t7-/m1/s1. The van der Waals surface area contributed by atoms with E-state index in [1.54, 1.807) is 20.8 Å². The van der Waals surface area contributed by atoms with E-state index < -0.39 is 23.7 Å². The summed E-state index contributed by atoms with van der Waals surface area (Å²) in [5.41, 5.74) is -0.616. The molecule has 0 aliphatic carbocycles. The second-order valence-corrected chi connectivity index (χ2v) is 4.31. The summed E-state index contributed by atoms with van der Waals surface area (Å²) in [6.45, 7) is 4.82. The highest BCUT2D eigenvalue weighted by atomic mass is 16.6. The van der Waals surface area contributed by atoms with Crippen molar-refractivity contribution in [2.24, 2.45) is 0 Å². The lowest BCUT2D eigenvalue weighted by Crippen LogP contribution is -2.42. The van der Waals surface area contributed by atoms with Crippen molar-refractivity contribution in [1.29, 1.82) is 0 Å². The van der Waals surface area contributed by atoms with Gasteiger partial charge in [0.05, 0.1) is 26.2 Å². The Morgan fingerprint density at radius 1 is 1.38 bits per heavy atom. The lowest BCUT2D eigenvalue weighted by molar-refractivity contribution is -0.141. The predicted octanol–water partition coefficient (Wildman–Crippen LogP) is 0.435. The maximum absolute atomic E-state index is 11.3. The van der Waals surface area contributed by atoms with Gasteiger partial charge in [-0.2, -0.15) is 0 Å². The maximum Gasteiger partial charge on any atom is 0.407 e. The van der Waals surface area contributed by atoms with Crippen LogP contribution in [0, 0.1) is 0 Å². The fourth-order valence-electron chi connectivity index (χ4n) is 0.920. The average Bonchev–Trinajstić information content (AvgIpc) is 2.13. The molecule has 94 valence electrons. The third-order valence-corrected chi connectivity index (χ3v) is 1.58. The molecule has 0 aromatic carbocycles. The van der Waals surface area contributed by atoms with E-state index in [1.807, 2.05) is 0 Å². The first-order valence-electron chi connectivity index (χ1n) is 4.95. The molecule has 2 N–H and O–H groups in total. The molecule has 0 aromatic rings. The van der Waals surface area contributed by atoms with Crippen molar-refractivity contribution < 1.29 is 24.2 Å². The molecule has 0 aromatic heterocycles. The van der Waals surface area contributed by atoms with Crippen molar-refractivity contribution in [1.82, 2.24) is 5.32 Å². The molecule has 1 amide bonds. The highest BCUT2D eigenvalue weighted by Gasteiger charge is 2.20. The van der Waals surface area contributed by atoms with Crippen molar-refractivity contribution in [2.75, 3.05) is 13.7 Å². The summed E-state index contributed by atoms with van der Waals surface area (Å²) < 4.78 is 9.39. The Kier molecular flexibility index (Phi) is 5.81. The molecule has 0 bridgehead atoms. The fraction of sp³-hybridized carbons (Fsp3) is 0.800. The Balaban J connectivity index is 4.12. The van der Waals surface area contributed by atoms with Gasteiger partial charge in [-0.15, -0.1) is 0 Å². The monoisotopic (exact) mass is 233 g/mol. The van der Waals surface area contributed by atoms with Crippen molar-refractivity contribution in [3.63, 3.8) is 0 Å². The van der Waals surface area contributed by atoms with Gasteiger partial charge in [0, 0.05) is 0 Å². The minimum Gasteiger partial charge on any atom is -0.469 e. The largest absolute Gasteiger partial charge is 0.469 e. The number of aliphatic hydroxyl groups is 1. The van der Waals surface area contributed by atoms with E-state index in [-0.39, 0.29) is 13.0 Å². The molecule has 0 fully saturated rings. The third kappa shape index (κ3) is 7.05. The molecule has 6 heteroatoms. The molecule has 0 saturated carbocycles. The summed E-state index contributed by atoms with van der Waals surface area (Å²) in [5.74, 6) is -0.505. The van der Waals surface area contributed by atoms with Crippen LogP contribution in [0.2, 0.25) is 0 Å². The quantitative estimate of drug-likeness (QED) is 0.688. The molecule has 6 nitrogen and oxygen atoms in total. The molecule has 0 saturated heterocycles. The zero-order chi connectivity index (χ0) is 12.8. The minimum atomic E-state index is -0.692. The van der Waals surface area contributed by atoms with Crippen LogP contribution >= 0.6 is 0 Å². The summed E-state index contributed by atoms with van der Waals surface area (Å²) in [6, 6.07) is -0.692. The van der Waals surface area contributed by atoms with E-state index in [0.29, 0.717) is 0 Å². The Hall–Kier alpha value is -1.30. The number of methoxy groups -OCH3 is 1. The smallest absolute Gasteiger partial charge is 0.407 e. The maximum atomic E-state index is 11.3. The average molecular weight is 233 g/mol. The number of esters is 1. The first-order valence-corrected chi connectivity index (χ1v) is 4.95. The second kappa shape index (κ2) is 6.32. The van der Waals surface area contributed by atoms with Crippen molar-refractivity contribution in [3.8, 4) is 0 Å². The summed E-state index contributed by atoms with van der Waals surface area (Å²) in [6.07, 6.45) is -0.762. The van der Waals surface area contributed by atoms with Crippen LogP contribution in [0.4, 0.5) is 4.79 Å². The van der Waals surface area contributed by atoms with Gasteiger partial charge in [0.15, 0.2) is 0 Å². The van der Waals surface area contributed by atoms with Crippen LogP contribution in [-0.2, 0) is 14.3 Å². The molecule has 0 aliphatic rings. The number of hydrogen-bond acceptors (Lipinski definition) is 5. The summed E-state index contributed by atoms with van der Waals surface area (Å²) in [5, 5.41) is 11.3.